The van der Waals surface area contributed by atoms with Gasteiger partial charge in [0.15, 0.2) is 0 Å². The van der Waals surface area contributed by atoms with Gasteiger partial charge in [-0.1, -0.05) is 61.4 Å². The smallest absolute Gasteiger partial charge is 0.303 e. The minimum absolute atomic E-state index is 0.0415. The van der Waals surface area contributed by atoms with Crippen LogP contribution in [-0.2, 0) is 21.4 Å². The van der Waals surface area contributed by atoms with Gasteiger partial charge in [-0.25, -0.2) is 0 Å². The van der Waals surface area contributed by atoms with Gasteiger partial charge >= 0.3 is 5.97 Å². The fourth-order valence-corrected chi connectivity index (χ4v) is 5.68. The lowest BCUT2D eigenvalue weighted by molar-refractivity contribution is -0.137. The second kappa shape index (κ2) is 11.2. The van der Waals surface area contributed by atoms with Gasteiger partial charge in [0.2, 0.25) is 5.91 Å². The summed E-state index contributed by atoms with van der Waals surface area (Å²) in [4.78, 5) is 26.4. The highest BCUT2D eigenvalue weighted by atomic mass is 16.4. The highest BCUT2D eigenvalue weighted by Crippen LogP contribution is 2.42. The summed E-state index contributed by atoms with van der Waals surface area (Å²) in [5.41, 5.74) is 4.32. The Morgan fingerprint density at radius 2 is 1.65 bits per heavy atom. The number of carboxylic acids is 1. The van der Waals surface area contributed by atoms with Crippen molar-refractivity contribution < 1.29 is 14.7 Å². The van der Waals surface area contributed by atoms with Gasteiger partial charge in [0.05, 0.1) is 5.41 Å². The van der Waals surface area contributed by atoms with Crippen molar-refractivity contribution in [1.29, 1.82) is 0 Å². The van der Waals surface area contributed by atoms with Gasteiger partial charge in [0.1, 0.15) is 0 Å². The second-order valence-corrected chi connectivity index (χ2v) is 10.1. The van der Waals surface area contributed by atoms with Crippen LogP contribution in [0.2, 0.25) is 0 Å². The highest BCUT2D eigenvalue weighted by Gasteiger charge is 2.42. The Morgan fingerprint density at radius 1 is 1.00 bits per heavy atom. The van der Waals surface area contributed by atoms with Gasteiger partial charge < -0.3 is 15.3 Å². The average molecular weight is 463 g/mol. The van der Waals surface area contributed by atoms with Gasteiger partial charge in [-0.15, -0.1) is 0 Å². The molecule has 2 N–H and O–H groups in total. The van der Waals surface area contributed by atoms with Crippen molar-refractivity contribution in [2.45, 2.75) is 76.2 Å². The first kappa shape index (κ1) is 24.5. The molecule has 2 aliphatic rings. The van der Waals surface area contributed by atoms with Gasteiger partial charge in [-0.05, 0) is 74.2 Å². The molecule has 2 fully saturated rings. The predicted molar refractivity (Wildman–Crippen MR) is 136 cm³/mol. The molecule has 1 heterocycles. The molecule has 0 spiro atoms. The number of amides is 1. The molecule has 2 aromatic carbocycles. The Balaban J connectivity index is 1.39. The number of carboxylic acid groups (broad SMARTS) is 1. The van der Waals surface area contributed by atoms with Crippen LogP contribution >= 0.6 is 0 Å². The van der Waals surface area contributed by atoms with Crippen molar-refractivity contribution in [2.24, 2.45) is 0 Å². The Kier molecular flexibility index (Phi) is 8.04. The first-order chi connectivity index (χ1) is 16.5. The van der Waals surface area contributed by atoms with E-state index in [0.717, 1.165) is 44.2 Å². The molecule has 1 aliphatic heterocycles. The van der Waals surface area contributed by atoms with E-state index in [4.69, 9.17) is 5.11 Å². The average Bonchev–Trinajstić information content (AvgIpc) is 3.51. The molecule has 1 aliphatic carbocycles. The molecular weight excluding hydrogens is 424 g/mol. The van der Waals surface area contributed by atoms with Gasteiger partial charge in [0.25, 0.3) is 0 Å². The molecule has 1 saturated heterocycles. The number of likely N-dealkylation sites (tertiary alicyclic amines) is 1. The van der Waals surface area contributed by atoms with E-state index < -0.39 is 11.4 Å². The number of carbonyl (C=O) groups is 2. The molecule has 1 atom stereocenters. The van der Waals surface area contributed by atoms with Crippen LogP contribution in [0.1, 0.15) is 69.4 Å². The van der Waals surface area contributed by atoms with E-state index in [1.807, 2.05) is 0 Å². The van der Waals surface area contributed by atoms with Crippen molar-refractivity contribution in [3.8, 4) is 11.1 Å². The van der Waals surface area contributed by atoms with E-state index in [2.05, 4.69) is 65.7 Å². The lowest BCUT2D eigenvalue weighted by Crippen LogP contribution is -2.43. The minimum atomic E-state index is -0.824. The summed E-state index contributed by atoms with van der Waals surface area (Å²) >= 11 is 0. The monoisotopic (exact) mass is 462 g/mol. The number of rotatable bonds is 10. The van der Waals surface area contributed by atoms with Crippen LogP contribution in [-0.4, -0.2) is 47.6 Å². The summed E-state index contributed by atoms with van der Waals surface area (Å²) in [7, 11) is 0. The summed E-state index contributed by atoms with van der Waals surface area (Å²) in [6.45, 7) is 5.11. The molecule has 5 heteroatoms. The van der Waals surface area contributed by atoms with E-state index >= 15 is 0 Å². The number of benzene rings is 2. The zero-order valence-electron chi connectivity index (χ0n) is 20.4. The van der Waals surface area contributed by atoms with Crippen molar-refractivity contribution in [3.63, 3.8) is 0 Å². The van der Waals surface area contributed by atoms with Crippen molar-refractivity contribution in [1.82, 2.24) is 10.2 Å². The standard InChI is InChI=1S/C29H38N2O3/c1-22-6-5-20-31(22)21-16-23-8-10-24(11-9-23)25-12-14-26(15-13-25)29(17-2-3-18-29)28(34)30-19-4-7-27(32)33/h8-15,22H,2-7,16-21H2,1H3,(H,30,34)(H,32,33)/t22-/m1/s1. The van der Waals surface area contributed by atoms with Crippen LogP contribution in [0.25, 0.3) is 11.1 Å². The van der Waals surface area contributed by atoms with E-state index in [1.54, 1.807) is 0 Å². The van der Waals surface area contributed by atoms with Gasteiger partial charge in [-0.3, -0.25) is 9.59 Å². The maximum absolute atomic E-state index is 13.1. The molecule has 5 nitrogen and oxygen atoms in total. The quantitative estimate of drug-likeness (QED) is 0.478. The summed E-state index contributed by atoms with van der Waals surface area (Å²) in [6.07, 6.45) is 8.06. The topological polar surface area (TPSA) is 69.6 Å². The maximum atomic E-state index is 13.1. The summed E-state index contributed by atoms with van der Waals surface area (Å²) in [5.74, 6) is -0.783. The lowest BCUT2D eigenvalue weighted by atomic mass is 9.77. The molecule has 1 saturated carbocycles. The Hall–Kier alpha value is -2.66. The number of nitrogens with one attached hydrogen (secondary N) is 1. The van der Waals surface area contributed by atoms with Crippen LogP contribution in [0, 0.1) is 0 Å². The normalized spacial score (nSPS) is 19.9. The third-order valence-corrected chi connectivity index (χ3v) is 7.85. The number of carbonyl (C=O) groups excluding carboxylic acids is 1. The van der Waals surface area contributed by atoms with Crippen LogP contribution in [0.3, 0.4) is 0 Å². The fourth-order valence-electron chi connectivity index (χ4n) is 5.68. The Bertz CT molecular complexity index is 962. The van der Waals surface area contributed by atoms with Crippen LogP contribution < -0.4 is 5.32 Å². The summed E-state index contributed by atoms with van der Waals surface area (Å²) < 4.78 is 0. The molecule has 0 unspecified atom stereocenters. The van der Waals surface area contributed by atoms with E-state index in [0.29, 0.717) is 19.0 Å². The van der Waals surface area contributed by atoms with Crippen LogP contribution in [0.4, 0.5) is 0 Å². The SMILES string of the molecule is C[C@@H]1CCCN1CCc1ccc(-c2ccc(C3(C(=O)NCCCC(=O)O)CCCC3)cc2)cc1. The molecule has 0 bridgehead atoms. The number of aliphatic carboxylic acids is 1. The predicted octanol–water partition coefficient (Wildman–Crippen LogP) is 5.17. The number of hydrogen-bond acceptors (Lipinski definition) is 3. The minimum Gasteiger partial charge on any atom is -0.481 e. The Labute approximate surface area is 203 Å². The van der Waals surface area contributed by atoms with Gasteiger partial charge in [0, 0.05) is 25.6 Å². The lowest BCUT2D eigenvalue weighted by Gasteiger charge is -2.28. The highest BCUT2D eigenvalue weighted by molar-refractivity contribution is 5.88. The van der Waals surface area contributed by atoms with Gasteiger partial charge in [-0.2, -0.15) is 0 Å². The van der Waals surface area contributed by atoms with Crippen molar-refractivity contribution >= 4 is 11.9 Å². The summed E-state index contributed by atoms with van der Waals surface area (Å²) in [5, 5.41) is 11.8. The van der Waals surface area contributed by atoms with Crippen LogP contribution in [0.5, 0.6) is 0 Å². The zero-order valence-corrected chi connectivity index (χ0v) is 20.4. The third kappa shape index (κ3) is 5.69. The Morgan fingerprint density at radius 3 is 2.24 bits per heavy atom. The second-order valence-electron chi connectivity index (χ2n) is 10.1. The van der Waals surface area contributed by atoms with E-state index in [9.17, 15) is 9.59 Å². The molecule has 1 amide bonds. The molecule has 34 heavy (non-hydrogen) atoms. The molecule has 0 radical (unpaired) electrons. The number of nitrogens with zero attached hydrogens (tertiary/aromatic N) is 1. The number of hydrogen-bond donors (Lipinski definition) is 2. The third-order valence-electron chi connectivity index (χ3n) is 7.85. The molecular formula is C29H38N2O3. The first-order valence-corrected chi connectivity index (χ1v) is 12.9. The van der Waals surface area contributed by atoms with Crippen molar-refractivity contribution in [3.05, 3.63) is 59.7 Å². The largest absolute Gasteiger partial charge is 0.481 e. The van der Waals surface area contributed by atoms with Crippen molar-refractivity contribution in [2.75, 3.05) is 19.6 Å². The van der Waals surface area contributed by atoms with E-state index in [-0.39, 0.29) is 12.3 Å². The molecule has 0 aromatic heterocycles. The zero-order chi connectivity index (χ0) is 24.0. The molecule has 2 aromatic rings. The molecule has 182 valence electrons. The maximum Gasteiger partial charge on any atom is 0.303 e. The summed E-state index contributed by atoms with van der Waals surface area (Å²) in [6, 6.07) is 18.1. The first-order valence-electron chi connectivity index (χ1n) is 12.9. The van der Waals surface area contributed by atoms with E-state index in [1.165, 1.54) is 36.1 Å². The van der Waals surface area contributed by atoms with Crippen LogP contribution in [0.15, 0.2) is 48.5 Å². The fraction of sp³-hybridized carbons (Fsp3) is 0.517. The molecule has 4 rings (SSSR count).